The van der Waals surface area contributed by atoms with Gasteiger partial charge in [0.1, 0.15) is 0 Å². The molecule has 120 valence electrons. The summed E-state index contributed by atoms with van der Waals surface area (Å²) in [5.41, 5.74) is 2.47. The van der Waals surface area contributed by atoms with Gasteiger partial charge < -0.3 is 14.6 Å². The number of benzene rings is 2. The van der Waals surface area contributed by atoms with Crippen LogP contribution < -0.4 is 9.47 Å². The van der Waals surface area contributed by atoms with Crippen molar-refractivity contribution in [3.8, 4) is 11.5 Å². The molecule has 2 aromatic carbocycles. The van der Waals surface area contributed by atoms with E-state index in [0.29, 0.717) is 12.7 Å². The lowest BCUT2D eigenvalue weighted by atomic mass is 9.98. The third-order valence-electron chi connectivity index (χ3n) is 4.89. The Balaban J connectivity index is 1.50. The van der Waals surface area contributed by atoms with Crippen LogP contribution in [0.15, 0.2) is 48.5 Å². The summed E-state index contributed by atoms with van der Waals surface area (Å²) in [5.74, 6) is 2.16. The number of aliphatic hydroxyl groups excluding tert-OH is 1. The van der Waals surface area contributed by atoms with Gasteiger partial charge in [-0.05, 0) is 42.1 Å². The second-order valence-corrected chi connectivity index (χ2v) is 6.20. The van der Waals surface area contributed by atoms with Gasteiger partial charge in [-0.3, -0.25) is 4.90 Å². The molecule has 2 aliphatic heterocycles. The van der Waals surface area contributed by atoms with Gasteiger partial charge in [-0.2, -0.15) is 0 Å². The Morgan fingerprint density at radius 2 is 1.91 bits per heavy atom. The smallest absolute Gasteiger partial charge is 0.231 e. The number of fused-ring (bicyclic) bond motifs is 1. The molecule has 0 spiro atoms. The summed E-state index contributed by atoms with van der Waals surface area (Å²) < 4.78 is 10.9. The molecule has 2 heterocycles. The molecule has 2 aromatic rings. The van der Waals surface area contributed by atoms with Gasteiger partial charge in [0.25, 0.3) is 0 Å². The second kappa shape index (κ2) is 6.22. The maximum absolute atomic E-state index is 9.85. The maximum Gasteiger partial charge on any atom is 0.231 e. The van der Waals surface area contributed by atoms with Gasteiger partial charge in [0.15, 0.2) is 11.5 Å². The van der Waals surface area contributed by atoms with Gasteiger partial charge in [0.05, 0.1) is 12.6 Å². The zero-order valence-corrected chi connectivity index (χ0v) is 13.0. The molecular formula is C19H21NO3. The first kappa shape index (κ1) is 14.5. The number of hydrogen-bond acceptors (Lipinski definition) is 4. The fraction of sp³-hybridized carbons (Fsp3) is 0.368. The quantitative estimate of drug-likeness (QED) is 0.942. The Labute approximate surface area is 136 Å². The van der Waals surface area contributed by atoms with E-state index in [4.69, 9.17) is 9.47 Å². The van der Waals surface area contributed by atoms with Crippen LogP contribution in [0.5, 0.6) is 11.5 Å². The summed E-state index contributed by atoms with van der Waals surface area (Å²) in [6.45, 7) is 2.42. The predicted molar refractivity (Wildman–Crippen MR) is 87.8 cm³/mol. The molecule has 0 unspecified atom stereocenters. The van der Waals surface area contributed by atoms with Crippen LogP contribution in [0, 0.1) is 0 Å². The first-order valence-electron chi connectivity index (χ1n) is 8.14. The molecule has 0 bridgehead atoms. The van der Waals surface area contributed by atoms with Gasteiger partial charge in [-0.15, -0.1) is 0 Å². The third kappa shape index (κ3) is 2.80. The summed E-state index contributed by atoms with van der Waals surface area (Å²) in [6, 6.07) is 16.6. The number of hydrogen-bond donors (Lipinski definition) is 1. The van der Waals surface area contributed by atoms with E-state index in [0.717, 1.165) is 31.0 Å². The van der Waals surface area contributed by atoms with Crippen LogP contribution in [0.1, 0.15) is 29.5 Å². The minimum Gasteiger partial charge on any atom is -0.454 e. The molecule has 1 fully saturated rings. The van der Waals surface area contributed by atoms with Crippen LogP contribution in [0.2, 0.25) is 0 Å². The van der Waals surface area contributed by atoms with Crippen molar-refractivity contribution < 1.29 is 14.6 Å². The van der Waals surface area contributed by atoms with E-state index in [1.54, 1.807) is 0 Å². The number of likely N-dealkylation sites (tertiary alicyclic amines) is 1. The molecule has 4 rings (SSSR count). The van der Waals surface area contributed by atoms with E-state index in [1.807, 2.05) is 24.3 Å². The van der Waals surface area contributed by atoms with Crippen molar-refractivity contribution in [2.45, 2.75) is 18.4 Å². The zero-order chi connectivity index (χ0) is 15.6. The Morgan fingerprint density at radius 1 is 1.09 bits per heavy atom. The molecule has 2 aliphatic rings. The topological polar surface area (TPSA) is 41.9 Å². The highest BCUT2D eigenvalue weighted by atomic mass is 16.7. The van der Waals surface area contributed by atoms with Crippen molar-refractivity contribution in [3.05, 3.63) is 59.7 Å². The summed E-state index contributed by atoms with van der Waals surface area (Å²) in [4.78, 5) is 2.38. The summed E-state index contributed by atoms with van der Waals surface area (Å²) in [5, 5.41) is 9.85. The Morgan fingerprint density at radius 3 is 2.74 bits per heavy atom. The van der Waals surface area contributed by atoms with Crippen LogP contribution in [-0.4, -0.2) is 36.5 Å². The van der Waals surface area contributed by atoms with Gasteiger partial charge in [-0.25, -0.2) is 0 Å². The Hall–Kier alpha value is -2.04. The number of nitrogens with zero attached hydrogens (tertiary/aromatic N) is 1. The zero-order valence-electron chi connectivity index (χ0n) is 13.0. The van der Waals surface area contributed by atoms with Crippen molar-refractivity contribution in [2.24, 2.45) is 0 Å². The number of ether oxygens (including phenoxy) is 2. The molecule has 1 saturated heterocycles. The summed E-state index contributed by atoms with van der Waals surface area (Å²) in [7, 11) is 0. The molecule has 23 heavy (non-hydrogen) atoms. The monoisotopic (exact) mass is 311 g/mol. The van der Waals surface area contributed by atoms with Gasteiger partial charge in [-0.1, -0.05) is 36.4 Å². The van der Waals surface area contributed by atoms with E-state index in [1.165, 1.54) is 11.1 Å². The van der Waals surface area contributed by atoms with Crippen LogP contribution in [0.4, 0.5) is 0 Å². The normalized spacial score (nSPS) is 21.5. The average Bonchev–Trinajstić information content (AvgIpc) is 3.25. The molecule has 0 amide bonds. The van der Waals surface area contributed by atoms with E-state index in [9.17, 15) is 5.11 Å². The van der Waals surface area contributed by atoms with E-state index >= 15 is 0 Å². The van der Waals surface area contributed by atoms with E-state index in [2.05, 4.69) is 29.2 Å². The van der Waals surface area contributed by atoms with Crippen molar-refractivity contribution in [1.29, 1.82) is 0 Å². The predicted octanol–water partition coefficient (Wildman–Crippen LogP) is 2.94. The molecule has 0 saturated carbocycles. The molecule has 1 N–H and O–H groups in total. The van der Waals surface area contributed by atoms with Crippen LogP contribution >= 0.6 is 0 Å². The fourth-order valence-electron chi connectivity index (χ4n) is 3.62. The van der Waals surface area contributed by atoms with Gasteiger partial charge in [0.2, 0.25) is 6.79 Å². The average molecular weight is 311 g/mol. The highest BCUT2D eigenvalue weighted by molar-refractivity contribution is 5.45. The molecule has 0 radical (unpaired) electrons. The Kier molecular flexibility index (Phi) is 3.93. The highest BCUT2D eigenvalue weighted by Gasteiger charge is 2.30. The van der Waals surface area contributed by atoms with Gasteiger partial charge >= 0.3 is 0 Å². The lowest BCUT2D eigenvalue weighted by molar-refractivity contribution is 0.145. The standard InChI is InChI=1S/C19H21NO3/c21-12-17(14-4-2-1-3-5-14)20-9-8-16(11-20)15-6-7-18-19(10-15)23-13-22-18/h1-7,10,16-17,21H,8-9,11-13H2/t16-,17+/m0/s1. The molecule has 4 nitrogen and oxygen atoms in total. The maximum atomic E-state index is 9.85. The summed E-state index contributed by atoms with van der Waals surface area (Å²) >= 11 is 0. The molecule has 0 aromatic heterocycles. The first-order valence-corrected chi connectivity index (χ1v) is 8.14. The highest BCUT2D eigenvalue weighted by Crippen LogP contribution is 2.38. The third-order valence-corrected chi connectivity index (χ3v) is 4.89. The summed E-state index contributed by atoms with van der Waals surface area (Å²) in [6.07, 6.45) is 1.10. The van der Waals surface area contributed by atoms with E-state index < -0.39 is 0 Å². The fourth-order valence-corrected chi connectivity index (χ4v) is 3.62. The van der Waals surface area contributed by atoms with E-state index in [-0.39, 0.29) is 12.6 Å². The van der Waals surface area contributed by atoms with Crippen LogP contribution in [0.3, 0.4) is 0 Å². The molecule has 2 atom stereocenters. The van der Waals surface area contributed by atoms with Crippen molar-refractivity contribution >= 4 is 0 Å². The first-order chi connectivity index (χ1) is 11.3. The minimum atomic E-state index is 0.0789. The van der Waals surface area contributed by atoms with Crippen molar-refractivity contribution in [2.75, 3.05) is 26.5 Å². The number of aliphatic hydroxyl groups is 1. The lowest BCUT2D eigenvalue weighted by Crippen LogP contribution is -2.28. The Bertz CT molecular complexity index is 674. The second-order valence-electron chi connectivity index (χ2n) is 6.20. The van der Waals surface area contributed by atoms with Crippen molar-refractivity contribution in [3.63, 3.8) is 0 Å². The molecule has 4 heteroatoms. The lowest BCUT2D eigenvalue weighted by Gasteiger charge is -2.26. The molecule has 0 aliphatic carbocycles. The SMILES string of the molecule is OC[C@H](c1ccccc1)N1CC[C@H](c2ccc3c(c2)OCO3)C1. The van der Waals surface area contributed by atoms with Gasteiger partial charge in [0, 0.05) is 6.54 Å². The largest absolute Gasteiger partial charge is 0.454 e. The van der Waals surface area contributed by atoms with Crippen LogP contribution in [0.25, 0.3) is 0 Å². The van der Waals surface area contributed by atoms with Crippen molar-refractivity contribution in [1.82, 2.24) is 4.90 Å². The molecular weight excluding hydrogens is 290 g/mol. The number of rotatable bonds is 4. The van der Waals surface area contributed by atoms with Crippen LogP contribution in [-0.2, 0) is 0 Å². The minimum absolute atomic E-state index is 0.0789.